The first-order chi connectivity index (χ1) is 19.0. The van der Waals surface area contributed by atoms with Crippen LogP contribution in [0.4, 0.5) is 4.39 Å². The number of hydrogen-bond acceptors (Lipinski definition) is 6. The van der Waals surface area contributed by atoms with Gasteiger partial charge in [0.2, 0.25) is 0 Å². The molecule has 212 valence electrons. The number of aromatic nitrogens is 3. The first kappa shape index (κ1) is 28.2. The van der Waals surface area contributed by atoms with Gasteiger partial charge in [0.05, 0.1) is 16.8 Å². The fourth-order valence-corrected chi connectivity index (χ4v) is 7.62. The van der Waals surface area contributed by atoms with Crippen molar-refractivity contribution in [3.8, 4) is 0 Å². The summed E-state index contributed by atoms with van der Waals surface area (Å²) < 4.78 is 40.4. The second kappa shape index (κ2) is 10.9. The molecular formula is C30H35FN4O4S. The summed E-state index contributed by atoms with van der Waals surface area (Å²) in [6, 6.07) is 14.0. The highest BCUT2D eigenvalue weighted by molar-refractivity contribution is 8.22. The molecular weight excluding hydrogens is 531 g/mol. The molecule has 10 heteroatoms. The van der Waals surface area contributed by atoms with Gasteiger partial charge in [-0.1, -0.05) is 42.5 Å². The van der Waals surface area contributed by atoms with Gasteiger partial charge in [0.15, 0.2) is 0 Å². The maximum atomic E-state index is 14.2. The lowest BCUT2D eigenvalue weighted by Crippen LogP contribution is -2.30. The summed E-state index contributed by atoms with van der Waals surface area (Å²) in [6.07, 6.45) is 0.505. The molecule has 0 amide bonds. The van der Waals surface area contributed by atoms with Gasteiger partial charge < -0.3 is 5.11 Å². The first-order valence-electron chi connectivity index (χ1n) is 13.4. The minimum atomic E-state index is -3.44. The molecule has 40 heavy (non-hydrogen) atoms. The zero-order valence-electron chi connectivity index (χ0n) is 23.1. The van der Waals surface area contributed by atoms with Crippen molar-refractivity contribution >= 4 is 27.8 Å². The first-order valence-corrected chi connectivity index (χ1v) is 15.0. The third kappa shape index (κ3) is 5.24. The molecule has 2 heterocycles. The van der Waals surface area contributed by atoms with Crippen LogP contribution in [0.5, 0.6) is 0 Å². The Kier molecular flexibility index (Phi) is 7.71. The average molecular weight is 567 g/mol. The normalized spacial score (nSPS) is 18.7. The smallest absolute Gasteiger partial charge is 0.304 e. The maximum absolute atomic E-state index is 14.2. The highest BCUT2D eigenvalue weighted by Gasteiger charge is 2.33. The molecule has 1 aromatic heterocycles. The molecule has 8 nitrogen and oxygen atoms in total. The Balaban J connectivity index is 1.55. The van der Waals surface area contributed by atoms with Crippen LogP contribution in [0.1, 0.15) is 59.6 Å². The van der Waals surface area contributed by atoms with E-state index in [2.05, 4.69) is 10.3 Å². The second-order valence-corrected chi connectivity index (χ2v) is 12.8. The van der Waals surface area contributed by atoms with Gasteiger partial charge in [0, 0.05) is 25.6 Å². The minimum Gasteiger partial charge on any atom is -0.481 e. The number of carboxylic acids is 1. The van der Waals surface area contributed by atoms with Gasteiger partial charge in [-0.05, 0) is 84.7 Å². The van der Waals surface area contributed by atoms with Gasteiger partial charge in [-0.2, -0.15) is 4.31 Å². The van der Waals surface area contributed by atoms with Crippen LogP contribution in [0.15, 0.2) is 53.4 Å². The zero-order chi connectivity index (χ0) is 28.8. The van der Waals surface area contributed by atoms with E-state index < -0.39 is 28.5 Å². The second-order valence-electron chi connectivity index (χ2n) is 10.8. The van der Waals surface area contributed by atoms with Crippen molar-refractivity contribution in [2.24, 2.45) is 5.92 Å². The molecule has 0 spiro atoms. The van der Waals surface area contributed by atoms with Gasteiger partial charge in [0.25, 0.3) is 0 Å². The number of carboxylic acid groups (broad SMARTS) is 1. The largest absolute Gasteiger partial charge is 0.481 e. The van der Waals surface area contributed by atoms with Crippen molar-refractivity contribution in [2.75, 3.05) is 6.54 Å². The molecule has 3 aromatic carbocycles. The lowest BCUT2D eigenvalue weighted by atomic mass is 9.84. The Hall–Kier alpha value is -3.31. The molecule has 0 saturated heterocycles. The fourth-order valence-electron chi connectivity index (χ4n) is 5.78. The molecule has 1 aliphatic heterocycles. The number of nitrogens with zero attached hydrogens (tertiary/aromatic N) is 4. The van der Waals surface area contributed by atoms with Crippen molar-refractivity contribution in [2.45, 2.75) is 64.4 Å². The third-order valence-electron chi connectivity index (χ3n) is 7.93. The Morgan fingerprint density at radius 3 is 2.65 bits per heavy atom. The standard InChI is InChI=1S/C30H35FN4O4S/c1-5-35-27-11-10-25(20(4)30(27)32-33-35)26(15-29(36)37)21-7-6-19(3)23(13-21)17-34-16-18(2)12-22-8-9-24(31)14-28(22)40(34,38)39/h6-11,13-14,18,26,38-39H,5,12,15-17H2,1-4H3,(H,36,37). The van der Waals surface area contributed by atoms with Crippen LogP contribution in [0.3, 0.4) is 0 Å². The van der Waals surface area contributed by atoms with E-state index in [4.69, 9.17) is 0 Å². The molecule has 0 bridgehead atoms. The van der Waals surface area contributed by atoms with Crippen LogP contribution in [-0.2, 0) is 24.3 Å². The summed E-state index contributed by atoms with van der Waals surface area (Å²) in [6.45, 7) is 9.26. The van der Waals surface area contributed by atoms with E-state index in [1.807, 2.05) is 62.7 Å². The molecule has 0 saturated carbocycles. The quantitative estimate of drug-likeness (QED) is 0.233. The molecule has 1 aliphatic rings. The van der Waals surface area contributed by atoms with Crippen LogP contribution in [0.25, 0.3) is 11.0 Å². The van der Waals surface area contributed by atoms with Crippen LogP contribution >= 0.6 is 10.8 Å². The van der Waals surface area contributed by atoms with Crippen molar-refractivity contribution < 1.29 is 23.4 Å². The van der Waals surface area contributed by atoms with Crippen molar-refractivity contribution in [1.29, 1.82) is 0 Å². The van der Waals surface area contributed by atoms with E-state index in [1.165, 1.54) is 12.1 Å². The van der Waals surface area contributed by atoms with Gasteiger partial charge in [-0.3, -0.25) is 13.9 Å². The van der Waals surface area contributed by atoms with Crippen LogP contribution < -0.4 is 0 Å². The monoisotopic (exact) mass is 566 g/mol. The zero-order valence-corrected chi connectivity index (χ0v) is 24.0. The molecule has 0 aliphatic carbocycles. The van der Waals surface area contributed by atoms with Crippen molar-refractivity contribution in [3.63, 3.8) is 0 Å². The van der Waals surface area contributed by atoms with Crippen LogP contribution in [-0.4, -0.2) is 46.0 Å². The molecule has 2 unspecified atom stereocenters. The van der Waals surface area contributed by atoms with E-state index in [1.54, 1.807) is 10.4 Å². The number of hydrogen-bond donors (Lipinski definition) is 3. The SMILES string of the molecule is CCn1nnc2c(C)c(C(CC(=O)O)c3ccc(C)c(CN4CC(C)Cc5ccc(F)cc5S4(O)O)c3)ccc21. The molecule has 0 fully saturated rings. The summed E-state index contributed by atoms with van der Waals surface area (Å²) in [5.74, 6) is -1.74. The minimum absolute atomic E-state index is 0.112. The number of fused-ring (bicyclic) bond motifs is 2. The number of halogens is 1. The lowest BCUT2D eigenvalue weighted by Gasteiger charge is -2.43. The summed E-state index contributed by atoms with van der Waals surface area (Å²) in [5.41, 5.74) is 6.77. The topological polar surface area (TPSA) is 112 Å². The van der Waals surface area contributed by atoms with Crippen molar-refractivity contribution in [1.82, 2.24) is 19.3 Å². The predicted octanol–water partition coefficient (Wildman–Crippen LogP) is 6.53. The Labute approximate surface area is 234 Å². The van der Waals surface area contributed by atoms with Crippen LogP contribution in [0.2, 0.25) is 0 Å². The average Bonchev–Trinajstić information content (AvgIpc) is 3.30. The Bertz CT molecular complexity index is 1590. The summed E-state index contributed by atoms with van der Waals surface area (Å²) in [5, 5.41) is 18.4. The number of benzene rings is 3. The molecule has 3 N–H and O–H groups in total. The lowest BCUT2D eigenvalue weighted by molar-refractivity contribution is -0.137. The number of carbonyl (C=O) groups is 1. The van der Waals surface area contributed by atoms with E-state index in [-0.39, 0.29) is 23.8 Å². The van der Waals surface area contributed by atoms with E-state index in [9.17, 15) is 23.4 Å². The summed E-state index contributed by atoms with van der Waals surface area (Å²) >= 11 is 0. The highest BCUT2D eigenvalue weighted by atomic mass is 32.3. The van der Waals surface area contributed by atoms with E-state index in [0.29, 0.717) is 19.5 Å². The molecule has 4 aromatic rings. The Morgan fingerprint density at radius 1 is 1.15 bits per heavy atom. The number of aliphatic carboxylic acids is 1. The predicted molar refractivity (Wildman–Crippen MR) is 154 cm³/mol. The maximum Gasteiger partial charge on any atom is 0.304 e. The van der Waals surface area contributed by atoms with E-state index >= 15 is 0 Å². The van der Waals surface area contributed by atoms with E-state index in [0.717, 1.165) is 44.4 Å². The number of aryl methyl sites for hydroxylation is 3. The molecule has 2 atom stereocenters. The summed E-state index contributed by atoms with van der Waals surface area (Å²) in [4.78, 5) is 12.3. The third-order valence-corrected chi connectivity index (χ3v) is 9.89. The highest BCUT2D eigenvalue weighted by Crippen LogP contribution is 2.56. The van der Waals surface area contributed by atoms with Gasteiger partial charge >= 0.3 is 5.97 Å². The molecule has 0 radical (unpaired) electrons. The van der Waals surface area contributed by atoms with Gasteiger partial charge in [0.1, 0.15) is 11.3 Å². The fraction of sp³-hybridized carbons (Fsp3) is 0.367. The van der Waals surface area contributed by atoms with Gasteiger partial charge in [-0.15, -0.1) is 15.9 Å². The van der Waals surface area contributed by atoms with Gasteiger partial charge in [-0.25, -0.2) is 9.07 Å². The summed E-state index contributed by atoms with van der Waals surface area (Å²) in [7, 11) is -3.44. The van der Waals surface area contributed by atoms with Crippen LogP contribution in [0, 0.1) is 25.6 Å². The number of rotatable bonds is 7. The Morgan fingerprint density at radius 2 is 1.93 bits per heavy atom. The molecule has 5 rings (SSSR count). The van der Waals surface area contributed by atoms with Crippen molar-refractivity contribution in [3.05, 3.63) is 87.7 Å².